The Morgan fingerprint density at radius 1 is 1.29 bits per heavy atom. The highest BCUT2D eigenvalue weighted by atomic mass is 32.2. The summed E-state index contributed by atoms with van der Waals surface area (Å²) in [5.41, 5.74) is 0.577. The number of aryl methyl sites for hydroxylation is 1. The molecule has 1 aromatic carbocycles. The van der Waals surface area contributed by atoms with Gasteiger partial charge in [0.1, 0.15) is 4.90 Å². The van der Waals surface area contributed by atoms with Crippen molar-refractivity contribution in [2.75, 3.05) is 11.9 Å². The van der Waals surface area contributed by atoms with Crippen molar-refractivity contribution in [2.45, 2.75) is 31.7 Å². The number of para-hydroxylation sites is 1. The van der Waals surface area contributed by atoms with Crippen molar-refractivity contribution < 1.29 is 12.9 Å². The summed E-state index contributed by atoms with van der Waals surface area (Å²) >= 11 is 0. The number of benzene rings is 1. The van der Waals surface area contributed by atoms with Crippen LogP contribution in [0.2, 0.25) is 0 Å². The molecule has 0 saturated heterocycles. The maximum absolute atomic E-state index is 12.4. The summed E-state index contributed by atoms with van der Waals surface area (Å²) in [6.45, 7) is 4.35. The Morgan fingerprint density at radius 2 is 2.05 bits per heavy atom. The summed E-state index contributed by atoms with van der Waals surface area (Å²) in [5, 5.41) is 6.72. The molecule has 2 rings (SSSR count). The molecule has 1 aromatic heterocycles. The van der Waals surface area contributed by atoms with Crippen molar-refractivity contribution in [3.8, 4) is 0 Å². The van der Waals surface area contributed by atoms with E-state index in [2.05, 4.69) is 20.2 Å². The minimum atomic E-state index is -3.65. The van der Waals surface area contributed by atoms with Crippen molar-refractivity contribution in [3.05, 3.63) is 36.0 Å². The molecular weight excluding hydrogens is 292 g/mol. The first-order valence-corrected chi connectivity index (χ1v) is 8.13. The predicted molar refractivity (Wildman–Crippen MR) is 78.3 cm³/mol. The number of aromatic nitrogens is 2. The van der Waals surface area contributed by atoms with E-state index in [-0.39, 0.29) is 17.3 Å². The van der Waals surface area contributed by atoms with Gasteiger partial charge >= 0.3 is 0 Å². The lowest BCUT2D eigenvalue weighted by Gasteiger charge is -2.11. The molecule has 0 aliphatic heterocycles. The number of sulfonamides is 1. The average Bonchev–Trinajstić information content (AvgIpc) is 2.89. The van der Waals surface area contributed by atoms with Gasteiger partial charge in [-0.2, -0.15) is 4.98 Å². The third-order valence-electron chi connectivity index (χ3n) is 2.73. The minimum absolute atomic E-state index is 0.0364. The van der Waals surface area contributed by atoms with Gasteiger partial charge in [0.25, 0.3) is 0 Å². The first-order chi connectivity index (χ1) is 10.0. The Bertz CT molecular complexity index is 697. The molecule has 2 N–H and O–H groups in total. The predicted octanol–water partition coefficient (Wildman–Crippen LogP) is 1.68. The second kappa shape index (κ2) is 6.68. The molecule has 0 spiro atoms. The van der Waals surface area contributed by atoms with Crippen molar-refractivity contribution >= 4 is 15.7 Å². The van der Waals surface area contributed by atoms with Crippen LogP contribution in [0.5, 0.6) is 0 Å². The van der Waals surface area contributed by atoms with E-state index < -0.39 is 10.0 Å². The maximum Gasteiger partial charge on any atom is 0.243 e. The molecule has 0 radical (unpaired) electrons. The van der Waals surface area contributed by atoms with Crippen molar-refractivity contribution in [1.82, 2.24) is 14.9 Å². The molecule has 0 unspecified atom stereocenters. The third kappa shape index (κ3) is 4.02. The van der Waals surface area contributed by atoms with Gasteiger partial charge in [-0.3, -0.25) is 0 Å². The largest absolute Gasteiger partial charge is 0.384 e. The molecule has 0 fully saturated rings. The molecule has 0 bridgehead atoms. The number of rotatable bonds is 7. The second-order valence-electron chi connectivity index (χ2n) is 4.48. The van der Waals surface area contributed by atoms with E-state index in [0.29, 0.717) is 18.1 Å². The third-order valence-corrected chi connectivity index (χ3v) is 4.18. The van der Waals surface area contributed by atoms with Gasteiger partial charge in [0.2, 0.25) is 15.9 Å². The highest BCUT2D eigenvalue weighted by Gasteiger charge is 2.18. The van der Waals surface area contributed by atoms with Crippen LogP contribution in [-0.4, -0.2) is 25.1 Å². The van der Waals surface area contributed by atoms with Gasteiger partial charge < -0.3 is 9.84 Å². The summed E-state index contributed by atoms with van der Waals surface area (Å²) in [5.74, 6) is 0.698. The first-order valence-electron chi connectivity index (χ1n) is 6.64. The van der Waals surface area contributed by atoms with E-state index in [1.807, 2.05) is 6.92 Å². The second-order valence-corrected chi connectivity index (χ2v) is 6.22. The fourth-order valence-electron chi connectivity index (χ4n) is 1.75. The lowest BCUT2D eigenvalue weighted by Crippen LogP contribution is -2.24. The van der Waals surface area contributed by atoms with E-state index in [1.165, 1.54) is 0 Å². The number of hydrogen-bond acceptors (Lipinski definition) is 6. The Balaban J connectivity index is 2.15. The van der Waals surface area contributed by atoms with E-state index in [9.17, 15) is 8.42 Å². The topological polar surface area (TPSA) is 97.1 Å². The van der Waals surface area contributed by atoms with Crippen LogP contribution >= 0.6 is 0 Å². The van der Waals surface area contributed by atoms with Crippen LogP contribution in [0.25, 0.3) is 0 Å². The number of nitrogens with zero attached hydrogens (tertiary/aromatic N) is 2. The Labute approximate surface area is 123 Å². The van der Waals surface area contributed by atoms with Crippen LogP contribution in [0.1, 0.15) is 25.1 Å². The van der Waals surface area contributed by atoms with Crippen LogP contribution in [0.15, 0.2) is 33.7 Å². The van der Waals surface area contributed by atoms with Crippen LogP contribution in [-0.2, 0) is 16.6 Å². The summed E-state index contributed by atoms with van der Waals surface area (Å²) < 4.78 is 32.1. The molecular formula is C13H18N4O3S. The quantitative estimate of drug-likeness (QED) is 0.807. The van der Waals surface area contributed by atoms with E-state index in [1.54, 1.807) is 31.2 Å². The van der Waals surface area contributed by atoms with Crippen LogP contribution in [0, 0.1) is 6.92 Å². The molecule has 0 amide bonds. The summed E-state index contributed by atoms with van der Waals surface area (Å²) in [6, 6.07) is 6.77. The van der Waals surface area contributed by atoms with Crippen molar-refractivity contribution in [1.29, 1.82) is 0 Å². The molecule has 0 aliphatic carbocycles. The molecule has 7 nitrogen and oxygen atoms in total. The minimum Gasteiger partial charge on any atom is -0.384 e. The molecule has 2 aromatic rings. The fraction of sp³-hybridized carbons (Fsp3) is 0.385. The lowest BCUT2D eigenvalue weighted by atomic mass is 10.3. The van der Waals surface area contributed by atoms with Gasteiger partial charge in [-0.25, -0.2) is 13.1 Å². The lowest BCUT2D eigenvalue weighted by molar-refractivity contribution is 0.372. The average molecular weight is 310 g/mol. The number of anilines is 1. The van der Waals surface area contributed by atoms with Gasteiger partial charge in [-0.05, 0) is 25.5 Å². The standard InChI is InChI=1S/C13H18N4O3S/c1-3-8-14-11-6-4-5-7-12(11)21(18,19)15-9-13-16-10(2)17-20-13/h4-7,14-15H,3,8-9H2,1-2H3. The number of hydrogen-bond donors (Lipinski definition) is 2. The molecule has 0 aliphatic rings. The van der Waals surface area contributed by atoms with Gasteiger partial charge in [0.15, 0.2) is 5.82 Å². The molecule has 8 heteroatoms. The SMILES string of the molecule is CCCNc1ccccc1S(=O)(=O)NCc1nc(C)no1. The smallest absolute Gasteiger partial charge is 0.243 e. The van der Waals surface area contributed by atoms with Crippen LogP contribution in [0.3, 0.4) is 0 Å². The summed E-state index contributed by atoms with van der Waals surface area (Å²) in [6.07, 6.45) is 0.906. The zero-order valence-electron chi connectivity index (χ0n) is 12.0. The van der Waals surface area contributed by atoms with Gasteiger partial charge in [0.05, 0.1) is 12.2 Å². The maximum atomic E-state index is 12.4. The highest BCUT2D eigenvalue weighted by Crippen LogP contribution is 2.20. The Hall–Kier alpha value is -1.93. The van der Waals surface area contributed by atoms with E-state index >= 15 is 0 Å². The Morgan fingerprint density at radius 3 is 2.71 bits per heavy atom. The highest BCUT2D eigenvalue weighted by molar-refractivity contribution is 7.89. The zero-order chi connectivity index (χ0) is 15.3. The number of nitrogens with one attached hydrogen (secondary N) is 2. The molecule has 1 heterocycles. The van der Waals surface area contributed by atoms with E-state index in [0.717, 1.165) is 6.42 Å². The van der Waals surface area contributed by atoms with Crippen molar-refractivity contribution in [2.24, 2.45) is 0 Å². The van der Waals surface area contributed by atoms with Crippen molar-refractivity contribution in [3.63, 3.8) is 0 Å². The van der Waals surface area contributed by atoms with Gasteiger partial charge in [-0.1, -0.05) is 24.2 Å². The fourth-order valence-corrected chi connectivity index (χ4v) is 2.91. The summed E-state index contributed by atoms with van der Waals surface area (Å²) in [7, 11) is -3.65. The van der Waals surface area contributed by atoms with Crippen LogP contribution < -0.4 is 10.0 Å². The monoisotopic (exact) mass is 310 g/mol. The normalized spacial score (nSPS) is 11.5. The molecule has 0 saturated carbocycles. The molecule has 0 atom stereocenters. The van der Waals surface area contributed by atoms with Crippen LogP contribution in [0.4, 0.5) is 5.69 Å². The Kier molecular flexibility index (Phi) is 4.92. The van der Waals surface area contributed by atoms with Gasteiger partial charge in [0, 0.05) is 6.54 Å². The van der Waals surface area contributed by atoms with E-state index in [4.69, 9.17) is 4.52 Å². The first kappa shape index (κ1) is 15.5. The summed E-state index contributed by atoms with van der Waals surface area (Å²) in [4.78, 5) is 4.16. The molecule has 21 heavy (non-hydrogen) atoms. The molecule has 114 valence electrons. The zero-order valence-corrected chi connectivity index (χ0v) is 12.8. The van der Waals surface area contributed by atoms with Gasteiger partial charge in [-0.15, -0.1) is 0 Å².